The zero-order valence-electron chi connectivity index (χ0n) is 60.3. The van der Waals surface area contributed by atoms with Crippen molar-refractivity contribution < 1.29 is 9.59 Å². The molecule has 2 aliphatic heterocycles. The second-order valence-corrected chi connectivity index (χ2v) is 39.1. The Labute approximate surface area is 627 Å². The fraction of sp³-hybridized carbons (Fsp3) is 0.483. The van der Waals surface area contributed by atoms with Crippen molar-refractivity contribution in [3.8, 4) is 20.9 Å². The van der Waals surface area contributed by atoms with Gasteiger partial charge in [0.15, 0.2) is 6.29 Å². The minimum absolute atomic E-state index is 0.00567. The molecule has 0 amide bonds. The molecule has 4 aromatic heterocycles. The first-order chi connectivity index (χ1) is 48.6. The number of hydrogen-bond acceptors (Lipinski definition) is 10. The fourth-order valence-electron chi connectivity index (χ4n) is 17.6. The molecular formula is C89H106O2S8. The lowest BCUT2D eigenvalue weighted by Gasteiger charge is -2.39. The molecule has 0 saturated carbocycles. The van der Waals surface area contributed by atoms with Gasteiger partial charge in [-0.3, -0.25) is 4.79 Å². The van der Waals surface area contributed by atoms with Crippen LogP contribution in [0, 0.1) is 30.6 Å². The fourth-order valence-corrected chi connectivity index (χ4v) is 28.7. The molecule has 1 saturated heterocycles. The molecule has 99 heavy (non-hydrogen) atoms. The number of unbranched alkanes of at least 4 members (excludes halogenated alkanes) is 12. The molecule has 8 unspecified atom stereocenters. The number of aryl methyl sites for hydroxylation is 4. The molecule has 522 valence electrons. The van der Waals surface area contributed by atoms with Gasteiger partial charge in [-0.05, 0) is 157 Å². The van der Waals surface area contributed by atoms with Crippen molar-refractivity contribution in [2.45, 2.75) is 244 Å². The summed E-state index contributed by atoms with van der Waals surface area (Å²) in [6.07, 6.45) is 33.6. The number of allylic oxidation sites excluding steroid dienone is 2. The van der Waals surface area contributed by atoms with Crippen molar-refractivity contribution in [3.63, 3.8) is 0 Å². The van der Waals surface area contributed by atoms with Crippen LogP contribution in [0.15, 0.2) is 141 Å². The molecule has 5 aromatic carbocycles. The number of thiophene rings is 4. The molecule has 8 atom stereocenters. The Bertz CT molecular complexity index is 4210. The predicted octanol–water partition coefficient (Wildman–Crippen LogP) is 28.4. The van der Waals surface area contributed by atoms with Gasteiger partial charge in [-0.2, -0.15) is 0 Å². The van der Waals surface area contributed by atoms with Crippen LogP contribution in [0.3, 0.4) is 0 Å². The number of benzene rings is 5. The number of rotatable bonds is 37. The number of aldehydes is 2. The molecule has 9 aromatic rings. The maximum Gasteiger partial charge on any atom is 0.156 e. The molecule has 2 aliphatic carbocycles. The third-order valence-electron chi connectivity index (χ3n) is 22.6. The van der Waals surface area contributed by atoms with Crippen LogP contribution in [0.1, 0.15) is 259 Å². The van der Waals surface area contributed by atoms with Gasteiger partial charge in [0, 0.05) is 78.4 Å². The van der Waals surface area contributed by atoms with E-state index >= 15 is 0 Å². The van der Waals surface area contributed by atoms with Crippen LogP contribution in [0.25, 0.3) is 41.1 Å². The maximum absolute atomic E-state index is 13.7. The largest absolute Gasteiger partial charge is 0.302 e. The van der Waals surface area contributed by atoms with E-state index in [1.165, 1.54) is 256 Å². The summed E-state index contributed by atoms with van der Waals surface area (Å²) < 4.78 is 5.60. The molecule has 0 spiro atoms. The zero-order valence-corrected chi connectivity index (χ0v) is 66.8. The second kappa shape index (κ2) is 33.8. The number of carbonyl (C=O) groups excluding carboxylic acids is 2. The summed E-state index contributed by atoms with van der Waals surface area (Å²) in [6.45, 7) is 18.8. The van der Waals surface area contributed by atoms with Gasteiger partial charge in [-0.25, -0.2) is 0 Å². The molecule has 0 bridgehead atoms. The van der Waals surface area contributed by atoms with Crippen LogP contribution in [-0.2, 0) is 39.7 Å². The van der Waals surface area contributed by atoms with Gasteiger partial charge in [0.05, 0.1) is 29.7 Å². The Balaban J connectivity index is 1.18. The lowest BCUT2D eigenvalue weighted by molar-refractivity contribution is -0.107. The third-order valence-corrected chi connectivity index (χ3v) is 33.5. The number of hydrogen-bond donors (Lipinski definition) is 0. The standard InChI is InChI=1S/C89H106O2S8/c1-9-15-20-24-34-61-37-28-41-65(49-61)88(64-40-27-32-58(7)48-64)70-52-68(54-90)94-82(70)86-80(88)78-77(73-45-47-75(97-73)93-57-60(14-6)33-19-13-5)85-79(76(84(78)98-86)72-44-46-74(96-72)92-56-59(8)31-23-18-12-4)81-87(99-85)83-71(53-69(55-91)95-83)89(81,66-42-29-38-62(50-66)35-25-21-16-10-2)67-43-30-39-63(51-67)36-26-22-17-11-3/h27-30,32,37-51,53-55,59-60,68,70-71,82-83H,9-26,31,33-36,52,56-57H2,1-8H3. The lowest BCUT2D eigenvalue weighted by Crippen LogP contribution is -2.35. The van der Waals surface area contributed by atoms with E-state index in [0.29, 0.717) is 11.8 Å². The molecule has 13 rings (SSSR count). The molecule has 0 N–H and O–H groups in total. The average molecular weight is 1460 g/mol. The minimum atomic E-state index is -0.631. The molecule has 0 radical (unpaired) electrons. The Morgan fingerprint density at radius 2 is 1.01 bits per heavy atom. The first kappa shape index (κ1) is 73.2. The molecule has 6 heterocycles. The van der Waals surface area contributed by atoms with E-state index in [2.05, 4.69) is 229 Å². The van der Waals surface area contributed by atoms with Gasteiger partial charge in [0.2, 0.25) is 0 Å². The molecule has 2 nitrogen and oxygen atoms in total. The van der Waals surface area contributed by atoms with E-state index < -0.39 is 10.8 Å². The van der Waals surface area contributed by atoms with Gasteiger partial charge in [-0.1, -0.05) is 253 Å². The smallest absolute Gasteiger partial charge is 0.156 e. The van der Waals surface area contributed by atoms with Crippen molar-refractivity contribution in [1.29, 1.82) is 0 Å². The van der Waals surface area contributed by atoms with Gasteiger partial charge in [0.1, 0.15) is 6.29 Å². The van der Waals surface area contributed by atoms with Crippen LogP contribution >= 0.6 is 92.4 Å². The summed E-state index contributed by atoms with van der Waals surface area (Å²) in [6, 6.07) is 49.5. The van der Waals surface area contributed by atoms with E-state index in [4.69, 9.17) is 0 Å². The Kier molecular flexibility index (Phi) is 25.0. The summed E-state index contributed by atoms with van der Waals surface area (Å²) in [5.41, 5.74) is 15.5. The monoisotopic (exact) mass is 1460 g/mol. The van der Waals surface area contributed by atoms with Gasteiger partial charge >= 0.3 is 0 Å². The van der Waals surface area contributed by atoms with Gasteiger partial charge < -0.3 is 4.79 Å². The van der Waals surface area contributed by atoms with E-state index in [9.17, 15) is 9.59 Å². The first-order valence-corrected chi connectivity index (χ1v) is 45.5. The van der Waals surface area contributed by atoms with Crippen LogP contribution in [0.2, 0.25) is 0 Å². The van der Waals surface area contributed by atoms with E-state index in [0.717, 1.165) is 42.1 Å². The number of carbonyl (C=O) groups is 2. The number of thioether (sulfide) groups is 4. The van der Waals surface area contributed by atoms with Crippen molar-refractivity contribution in [3.05, 3.63) is 198 Å². The van der Waals surface area contributed by atoms with Crippen LogP contribution in [-0.4, -0.2) is 29.3 Å². The normalized spacial score (nSPS) is 20.4. The summed E-state index contributed by atoms with van der Waals surface area (Å²) in [5.74, 6) is 3.72. The van der Waals surface area contributed by atoms with Crippen LogP contribution in [0.5, 0.6) is 0 Å². The van der Waals surface area contributed by atoms with E-state index in [1.54, 1.807) is 0 Å². The van der Waals surface area contributed by atoms with E-state index in [1.807, 2.05) is 46.2 Å². The van der Waals surface area contributed by atoms with Crippen molar-refractivity contribution >= 4 is 125 Å². The van der Waals surface area contributed by atoms with Gasteiger partial charge in [-0.15, -0.1) is 92.4 Å². The summed E-state index contributed by atoms with van der Waals surface area (Å²) in [4.78, 5) is 33.9. The maximum atomic E-state index is 13.7. The molecule has 1 fully saturated rings. The highest BCUT2D eigenvalue weighted by atomic mass is 32.2. The number of fused-ring (bicyclic) bond motifs is 10. The first-order valence-electron chi connectivity index (χ1n) is 38.4. The molecule has 4 aliphatic rings. The lowest BCUT2D eigenvalue weighted by atomic mass is 9.62. The Hall–Kier alpha value is -4.10. The summed E-state index contributed by atoms with van der Waals surface area (Å²) >= 11 is 16.3. The van der Waals surface area contributed by atoms with Gasteiger partial charge in [0.25, 0.3) is 0 Å². The SMILES string of the molecule is CCCCCCc1cccc(C2(c3cccc(CCCCCC)c3)c3c(sc4c(-c5ccc(SCC(CC)CCCC)s5)c5c6c(sc5c(-c5ccc(SCC(C)CCCCC)s5)c34)C3SC(C=O)CC3C6(c3cccc(C)c3)c3cccc(CCCCCC)c3)C3SC(C=O)=CC32)c1. The highest BCUT2D eigenvalue weighted by Gasteiger charge is 2.62. The summed E-state index contributed by atoms with van der Waals surface area (Å²) in [5, 5.41) is 2.92. The average Bonchev–Trinajstić information content (AvgIpc) is 1.50. The Morgan fingerprint density at radius 3 is 1.53 bits per heavy atom. The van der Waals surface area contributed by atoms with E-state index in [-0.39, 0.29) is 27.6 Å². The molecule has 10 heteroatoms. The predicted molar refractivity (Wildman–Crippen MR) is 442 cm³/mol. The minimum Gasteiger partial charge on any atom is -0.302 e. The topological polar surface area (TPSA) is 34.1 Å². The molecular weight excluding hydrogens is 1360 g/mol. The quantitative estimate of drug-likeness (QED) is 0.0219. The van der Waals surface area contributed by atoms with Crippen molar-refractivity contribution in [1.82, 2.24) is 0 Å². The summed E-state index contributed by atoms with van der Waals surface area (Å²) in [7, 11) is 0. The van der Waals surface area contributed by atoms with Crippen LogP contribution < -0.4 is 0 Å². The highest BCUT2D eigenvalue weighted by Crippen LogP contribution is 2.75. The van der Waals surface area contributed by atoms with Crippen LogP contribution in [0.4, 0.5) is 0 Å². The second-order valence-electron chi connectivity index (χ2n) is 29.6. The zero-order chi connectivity index (χ0) is 68.6. The van der Waals surface area contributed by atoms with Crippen molar-refractivity contribution in [2.24, 2.45) is 23.7 Å². The highest BCUT2D eigenvalue weighted by molar-refractivity contribution is 8.04. The van der Waals surface area contributed by atoms with Crippen molar-refractivity contribution in [2.75, 3.05) is 11.5 Å². The Morgan fingerprint density at radius 1 is 0.515 bits per heavy atom. The third kappa shape index (κ3) is 14.6.